The Balaban J connectivity index is 2.19. The van der Waals surface area contributed by atoms with Crippen LogP contribution in [0.2, 0.25) is 0 Å². The number of nitrogens with two attached hydrogens (primary N) is 1. The molecule has 1 aromatic heterocycles. The van der Waals surface area contributed by atoms with Crippen molar-refractivity contribution in [2.75, 3.05) is 12.3 Å². The topological polar surface area (TPSA) is 72.2 Å². The molecule has 114 valence electrons. The van der Waals surface area contributed by atoms with Crippen molar-refractivity contribution in [2.24, 2.45) is 0 Å². The summed E-state index contributed by atoms with van der Waals surface area (Å²) in [5.74, 6) is -0.564. The van der Waals surface area contributed by atoms with Crippen LogP contribution in [0.15, 0.2) is 40.6 Å². The smallest absolute Gasteiger partial charge is 0.242 e. The van der Waals surface area contributed by atoms with Gasteiger partial charge in [-0.05, 0) is 29.6 Å². The third kappa shape index (κ3) is 3.61. The number of halogens is 1. The molecule has 7 heteroatoms. The van der Waals surface area contributed by atoms with E-state index in [4.69, 9.17) is 5.73 Å². The second-order valence-corrected chi connectivity index (χ2v) is 8.05. The van der Waals surface area contributed by atoms with E-state index in [1.165, 1.54) is 6.07 Å². The van der Waals surface area contributed by atoms with Gasteiger partial charge >= 0.3 is 0 Å². The summed E-state index contributed by atoms with van der Waals surface area (Å²) in [6, 6.07) is 7.14. The van der Waals surface area contributed by atoms with E-state index in [0.29, 0.717) is 0 Å². The van der Waals surface area contributed by atoms with Crippen LogP contribution in [0.5, 0.6) is 0 Å². The molecule has 3 N–H and O–H groups in total. The Hall–Kier alpha value is -1.44. The quantitative estimate of drug-likeness (QED) is 0.829. The lowest BCUT2D eigenvalue weighted by molar-refractivity contribution is 0.509. The third-order valence-corrected chi connectivity index (χ3v) is 5.86. The van der Waals surface area contributed by atoms with Crippen molar-refractivity contribution >= 4 is 27.0 Å². The Bertz CT molecular complexity index is 725. The van der Waals surface area contributed by atoms with Gasteiger partial charge in [0.2, 0.25) is 10.0 Å². The van der Waals surface area contributed by atoms with E-state index in [1.54, 1.807) is 11.3 Å². The highest BCUT2D eigenvalue weighted by Gasteiger charge is 2.26. The molecule has 1 heterocycles. The lowest BCUT2D eigenvalue weighted by Gasteiger charge is -2.23. The first-order valence-corrected chi connectivity index (χ1v) is 8.67. The van der Waals surface area contributed by atoms with Gasteiger partial charge in [-0.2, -0.15) is 0 Å². The van der Waals surface area contributed by atoms with Crippen LogP contribution in [0, 0.1) is 5.82 Å². The number of nitrogens with one attached hydrogen (secondary N) is 1. The molecule has 0 saturated carbocycles. The molecule has 0 fully saturated rings. The fourth-order valence-corrected chi connectivity index (χ4v) is 4.04. The van der Waals surface area contributed by atoms with E-state index >= 15 is 0 Å². The predicted octanol–water partition coefficient (Wildman–Crippen LogP) is 2.73. The minimum Gasteiger partial charge on any atom is -0.398 e. The molecule has 0 radical (unpaired) electrons. The van der Waals surface area contributed by atoms with Crippen LogP contribution in [-0.4, -0.2) is 15.0 Å². The fraction of sp³-hybridized carbons (Fsp3) is 0.286. The van der Waals surface area contributed by atoms with Crippen molar-refractivity contribution in [2.45, 2.75) is 24.2 Å². The number of thiophene rings is 1. The number of hydrogen-bond acceptors (Lipinski definition) is 4. The van der Waals surface area contributed by atoms with Gasteiger partial charge in [-0.15, -0.1) is 11.3 Å². The first kappa shape index (κ1) is 15.9. The van der Waals surface area contributed by atoms with Crippen molar-refractivity contribution in [3.05, 3.63) is 46.4 Å². The first-order valence-electron chi connectivity index (χ1n) is 6.31. The summed E-state index contributed by atoms with van der Waals surface area (Å²) in [6.07, 6.45) is 0. The summed E-state index contributed by atoms with van der Waals surface area (Å²) in [5.41, 5.74) is 5.15. The maximum Gasteiger partial charge on any atom is 0.242 e. The van der Waals surface area contributed by atoms with Gasteiger partial charge in [0.25, 0.3) is 0 Å². The van der Waals surface area contributed by atoms with Gasteiger partial charge in [-0.25, -0.2) is 17.5 Å². The van der Waals surface area contributed by atoms with Crippen LogP contribution in [0.3, 0.4) is 0 Å². The molecule has 0 amide bonds. The van der Waals surface area contributed by atoms with E-state index in [9.17, 15) is 12.8 Å². The zero-order valence-corrected chi connectivity index (χ0v) is 13.4. The molecular formula is C14H17FN2O2S2. The SMILES string of the molecule is CC(C)(CNS(=O)(=O)c1ccc(F)cc1N)c1cccs1. The Labute approximate surface area is 127 Å². The molecular weight excluding hydrogens is 311 g/mol. The lowest BCUT2D eigenvalue weighted by Crippen LogP contribution is -2.36. The van der Waals surface area contributed by atoms with Gasteiger partial charge in [-0.3, -0.25) is 0 Å². The monoisotopic (exact) mass is 328 g/mol. The van der Waals surface area contributed by atoms with Crippen LogP contribution < -0.4 is 10.5 Å². The summed E-state index contributed by atoms with van der Waals surface area (Å²) in [7, 11) is -3.77. The highest BCUT2D eigenvalue weighted by atomic mass is 32.2. The summed E-state index contributed by atoms with van der Waals surface area (Å²) >= 11 is 1.57. The molecule has 0 aliphatic rings. The highest BCUT2D eigenvalue weighted by Crippen LogP contribution is 2.27. The second kappa shape index (κ2) is 5.75. The summed E-state index contributed by atoms with van der Waals surface area (Å²) in [6.45, 7) is 4.14. The van der Waals surface area contributed by atoms with E-state index in [0.717, 1.165) is 17.0 Å². The van der Waals surface area contributed by atoms with Crippen LogP contribution >= 0.6 is 11.3 Å². The van der Waals surface area contributed by atoms with E-state index in [-0.39, 0.29) is 22.5 Å². The largest absolute Gasteiger partial charge is 0.398 e. The van der Waals surface area contributed by atoms with Gasteiger partial charge in [-0.1, -0.05) is 19.9 Å². The summed E-state index contributed by atoms with van der Waals surface area (Å²) < 4.78 is 40.1. The number of hydrogen-bond donors (Lipinski definition) is 2. The zero-order chi connectivity index (χ0) is 15.7. The number of anilines is 1. The first-order chi connectivity index (χ1) is 9.72. The van der Waals surface area contributed by atoms with Gasteiger partial charge in [0.15, 0.2) is 0 Å². The average Bonchev–Trinajstić information content (AvgIpc) is 2.91. The van der Waals surface area contributed by atoms with Crippen molar-refractivity contribution < 1.29 is 12.8 Å². The molecule has 1 aromatic carbocycles. The third-order valence-electron chi connectivity index (χ3n) is 3.15. The van der Waals surface area contributed by atoms with Crippen molar-refractivity contribution in [1.82, 2.24) is 4.72 Å². The van der Waals surface area contributed by atoms with Crippen LogP contribution in [0.4, 0.5) is 10.1 Å². The molecule has 0 aliphatic carbocycles. The minimum absolute atomic E-state index is 0.101. The minimum atomic E-state index is -3.77. The molecule has 0 aliphatic heterocycles. The number of rotatable bonds is 5. The number of nitrogen functional groups attached to an aromatic ring is 1. The Morgan fingerprint density at radius 2 is 2.05 bits per heavy atom. The van der Waals surface area contributed by atoms with E-state index in [1.807, 2.05) is 31.4 Å². The van der Waals surface area contributed by atoms with E-state index < -0.39 is 15.8 Å². The number of sulfonamides is 1. The van der Waals surface area contributed by atoms with Crippen molar-refractivity contribution in [3.63, 3.8) is 0 Å². The Morgan fingerprint density at radius 3 is 2.62 bits per heavy atom. The lowest BCUT2D eigenvalue weighted by atomic mass is 9.92. The molecule has 21 heavy (non-hydrogen) atoms. The predicted molar refractivity (Wildman–Crippen MR) is 83.3 cm³/mol. The van der Waals surface area contributed by atoms with Crippen LogP contribution in [0.1, 0.15) is 18.7 Å². The van der Waals surface area contributed by atoms with Crippen molar-refractivity contribution in [1.29, 1.82) is 0 Å². The zero-order valence-electron chi connectivity index (χ0n) is 11.8. The maximum absolute atomic E-state index is 13.0. The van der Waals surface area contributed by atoms with Gasteiger partial charge in [0.05, 0.1) is 5.69 Å². The second-order valence-electron chi connectivity index (χ2n) is 5.37. The molecule has 0 bridgehead atoms. The molecule has 4 nitrogen and oxygen atoms in total. The summed E-state index contributed by atoms with van der Waals surface area (Å²) in [5, 5.41) is 1.95. The molecule has 0 saturated heterocycles. The standard InChI is InChI=1S/C14H17FN2O2S2/c1-14(2,13-4-3-7-20-13)9-17-21(18,19)12-6-5-10(15)8-11(12)16/h3-8,17H,9,16H2,1-2H3. The van der Waals surface area contributed by atoms with Crippen LogP contribution in [0.25, 0.3) is 0 Å². The molecule has 0 spiro atoms. The van der Waals surface area contributed by atoms with E-state index in [2.05, 4.69) is 4.72 Å². The summed E-state index contributed by atoms with van der Waals surface area (Å²) in [4.78, 5) is 0.975. The molecule has 0 atom stereocenters. The van der Waals surface area contributed by atoms with Crippen molar-refractivity contribution in [3.8, 4) is 0 Å². The highest BCUT2D eigenvalue weighted by molar-refractivity contribution is 7.89. The Kier molecular flexibility index (Phi) is 4.36. The van der Waals surface area contributed by atoms with Gasteiger partial charge in [0, 0.05) is 16.8 Å². The van der Waals surface area contributed by atoms with Gasteiger partial charge in [0.1, 0.15) is 10.7 Å². The van der Waals surface area contributed by atoms with Crippen LogP contribution in [-0.2, 0) is 15.4 Å². The Morgan fingerprint density at radius 1 is 1.33 bits per heavy atom. The molecule has 2 rings (SSSR count). The fourth-order valence-electron chi connectivity index (χ4n) is 1.87. The normalized spacial score (nSPS) is 12.5. The molecule has 0 unspecified atom stereocenters. The average molecular weight is 328 g/mol. The van der Waals surface area contributed by atoms with Gasteiger partial charge < -0.3 is 5.73 Å². The molecule has 2 aromatic rings. The number of benzene rings is 1. The maximum atomic E-state index is 13.0.